The molecule has 3 aromatic rings. The Bertz CT molecular complexity index is 1080. The number of aromatic amines is 1. The van der Waals surface area contributed by atoms with Crippen LogP contribution in [0.25, 0.3) is 11.1 Å². The van der Waals surface area contributed by atoms with Crippen molar-refractivity contribution in [3.05, 3.63) is 46.2 Å². The van der Waals surface area contributed by atoms with Gasteiger partial charge in [-0.2, -0.15) is 9.40 Å². The van der Waals surface area contributed by atoms with Crippen LogP contribution in [-0.2, 0) is 29.7 Å². The first-order valence-electron chi connectivity index (χ1n) is 7.27. The van der Waals surface area contributed by atoms with E-state index in [0.29, 0.717) is 17.8 Å². The average molecular weight is 350 g/mol. The number of hydrogen-bond acceptors (Lipinski definition) is 6. The van der Waals surface area contributed by atoms with Gasteiger partial charge in [0, 0.05) is 12.6 Å². The zero-order chi connectivity index (χ0) is 16.9. The maximum absolute atomic E-state index is 12.8. The lowest BCUT2D eigenvalue weighted by Gasteiger charge is -2.26. The van der Waals surface area contributed by atoms with E-state index in [9.17, 15) is 13.2 Å². The molecule has 0 bridgehead atoms. The molecular weight excluding hydrogens is 336 g/mol. The van der Waals surface area contributed by atoms with Crippen LogP contribution >= 0.6 is 0 Å². The Labute approximate surface area is 136 Å². The van der Waals surface area contributed by atoms with Crippen LogP contribution in [0.5, 0.6) is 0 Å². The number of aliphatic hydroxyl groups is 1. The summed E-state index contributed by atoms with van der Waals surface area (Å²) in [6.07, 6.45) is 0. The maximum atomic E-state index is 12.8. The van der Waals surface area contributed by atoms with E-state index in [0.717, 1.165) is 5.69 Å². The number of aliphatic hydroxyl groups excluding tert-OH is 1. The van der Waals surface area contributed by atoms with Crippen LogP contribution in [0.15, 0.2) is 38.4 Å². The normalized spacial score (nSPS) is 15.7. The molecule has 0 amide bonds. The lowest BCUT2D eigenvalue weighted by atomic mass is 10.3. The summed E-state index contributed by atoms with van der Waals surface area (Å²) in [6.45, 7) is 0.674. The van der Waals surface area contributed by atoms with Gasteiger partial charge >= 0.3 is 5.76 Å². The predicted molar refractivity (Wildman–Crippen MR) is 82.6 cm³/mol. The molecule has 1 aromatic carbocycles. The van der Waals surface area contributed by atoms with Crippen LogP contribution in [0.1, 0.15) is 11.4 Å². The van der Waals surface area contributed by atoms with E-state index in [-0.39, 0.29) is 30.2 Å². The van der Waals surface area contributed by atoms with Gasteiger partial charge in [-0.25, -0.2) is 13.2 Å². The summed E-state index contributed by atoms with van der Waals surface area (Å²) >= 11 is 0. The van der Waals surface area contributed by atoms with Crippen molar-refractivity contribution in [2.75, 3.05) is 6.54 Å². The van der Waals surface area contributed by atoms with Crippen LogP contribution in [0, 0.1) is 0 Å². The highest BCUT2D eigenvalue weighted by Gasteiger charge is 2.29. The Hall–Kier alpha value is -2.43. The molecule has 1 aliphatic rings. The van der Waals surface area contributed by atoms with E-state index in [2.05, 4.69) is 10.1 Å². The minimum absolute atomic E-state index is 0.0631. The van der Waals surface area contributed by atoms with Gasteiger partial charge in [0.05, 0.1) is 41.5 Å². The van der Waals surface area contributed by atoms with Gasteiger partial charge in [0.15, 0.2) is 5.58 Å². The molecule has 24 heavy (non-hydrogen) atoms. The number of H-pyrrole nitrogens is 1. The van der Waals surface area contributed by atoms with E-state index in [1.807, 2.05) is 0 Å². The van der Waals surface area contributed by atoms with E-state index >= 15 is 0 Å². The van der Waals surface area contributed by atoms with Crippen molar-refractivity contribution in [1.82, 2.24) is 19.1 Å². The SMILES string of the molecule is O=c1[nH]c2ccc(S(=O)(=O)N3CCn4nc(CO)cc4C3)cc2o1. The van der Waals surface area contributed by atoms with E-state index in [1.54, 1.807) is 10.7 Å². The molecule has 0 saturated carbocycles. The number of hydrogen-bond donors (Lipinski definition) is 2. The molecule has 9 nitrogen and oxygen atoms in total. The van der Waals surface area contributed by atoms with Gasteiger partial charge in [0.1, 0.15) is 0 Å². The Morgan fingerprint density at radius 3 is 2.92 bits per heavy atom. The lowest BCUT2D eigenvalue weighted by Crippen LogP contribution is -2.38. The fraction of sp³-hybridized carbons (Fsp3) is 0.286. The number of oxazole rings is 1. The van der Waals surface area contributed by atoms with E-state index in [1.165, 1.54) is 22.5 Å². The largest absolute Gasteiger partial charge is 0.417 e. The molecule has 2 N–H and O–H groups in total. The molecule has 126 valence electrons. The monoisotopic (exact) mass is 350 g/mol. The van der Waals surface area contributed by atoms with Crippen LogP contribution < -0.4 is 5.76 Å². The first-order chi connectivity index (χ1) is 11.5. The quantitative estimate of drug-likeness (QED) is 0.686. The summed E-state index contributed by atoms with van der Waals surface area (Å²) in [5, 5.41) is 13.3. The Balaban J connectivity index is 1.70. The van der Waals surface area contributed by atoms with Crippen molar-refractivity contribution in [2.24, 2.45) is 0 Å². The van der Waals surface area contributed by atoms with E-state index < -0.39 is 15.8 Å². The lowest BCUT2D eigenvalue weighted by molar-refractivity contribution is 0.273. The molecule has 0 atom stereocenters. The molecule has 1 aliphatic heterocycles. The second kappa shape index (κ2) is 5.30. The minimum atomic E-state index is -3.73. The van der Waals surface area contributed by atoms with Crippen LogP contribution in [0.3, 0.4) is 0 Å². The molecule has 2 aromatic heterocycles. The Morgan fingerprint density at radius 1 is 1.29 bits per heavy atom. The number of nitrogens with zero attached hydrogens (tertiary/aromatic N) is 3. The van der Waals surface area contributed by atoms with Gasteiger partial charge in [-0.1, -0.05) is 0 Å². The van der Waals surface area contributed by atoms with Gasteiger partial charge < -0.3 is 9.52 Å². The van der Waals surface area contributed by atoms with Crippen molar-refractivity contribution < 1.29 is 17.9 Å². The van der Waals surface area contributed by atoms with Crippen LogP contribution in [-0.4, -0.2) is 39.1 Å². The highest BCUT2D eigenvalue weighted by Crippen LogP contribution is 2.24. The first-order valence-corrected chi connectivity index (χ1v) is 8.71. The highest BCUT2D eigenvalue weighted by molar-refractivity contribution is 7.89. The second-order valence-corrected chi connectivity index (χ2v) is 7.46. The standard InChI is InChI=1S/C14H14N4O5S/c19-8-9-5-10-7-17(3-4-18(10)16-9)24(21,22)11-1-2-12-13(6-11)23-14(20)15-12/h1-2,5-6,19H,3-4,7-8H2,(H,15,20). The van der Waals surface area contributed by atoms with Gasteiger partial charge in [0.25, 0.3) is 0 Å². The summed E-state index contributed by atoms with van der Waals surface area (Å²) in [7, 11) is -3.73. The van der Waals surface area contributed by atoms with Crippen molar-refractivity contribution >= 4 is 21.1 Å². The van der Waals surface area contributed by atoms with Crippen LogP contribution in [0.4, 0.5) is 0 Å². The van der Waals surface area contributed by atoms with Crippen molar-refractivity contribution in [3.8, 4) is 0 Å². The molecular formula is C14H14N4O5S. The molecule has 10 heteroatoms. The smallest absolute Gasteiger partial charge is 0.408 e. The molecule has 0 unspecified atom stereocenters. The zero-order valence-corrected chi connectivity index (χ0v) is 13.3. The molecule has 0 saturated heterocycles. The predicted octanol–water partition coefficient (Wildman–Crippen LogP) is 0.0144. The molecule has 3 heterocycles. The summed E-state index contributed by atoms with van der Waals surface area (Å²) in [5.74, 6) is -0.627. The van der Waals surface area contributed by atoms with Gasteiger partial charge in [-0.05, 0) is 18.2 Å². The minimum Gasteiger partial charge on any atom is -0.408 e. The number of benzene rings is 1. The number of rotatable bonds is 3. The summed E-state index contributed by atoms with van der Waals surface area (Å²) in [4.78, 5) is 13.7. The van der Waals surface area contributed by atoms with Gasteiger partial charge in [-0.15, -0.1) is 0 Å². The number of nitrogens with one attached hydrogen (secondary N) is 1. The van der Waals surface area contributed by atoms with Gasteiger partial charge in [-0.3, -0.25) is 9.67 Å². The Morgan fingerprint density at radius 2 is 2.12 bits per heavy atom. The molecule has 4 rings (SSSR count). The summed E-state index contributed by atoms with van der Waals surface area (Å²) in [5.41, 5.74) is 1.89. The summed E-state index contributed by atoms with van der Waals surface area (Å²) in [6, 6.07) is 5.98. The number of fused-ring (bicyclic) bond motifs is 2. The first kappa shape index (κ1) is 15.1. The topological polar surface area (TPSA) is 121 Å². The maximum Gasteiger partial charge on any atom is 0.417 e. The fourth-order valence-electron chi connectivity index (χ4n) is 2.82. The zero-order valence-electron chi connectivity index (χ0n) is 12.5. The fourth-order valence-corrected chi connectivity index (χ4v) is 4.24. The van der Waals surface area contributed by atoms with Crippen molar-refractivity contribution in [2.45, 2.75) is 24.6 Å². The number of sulfonamides is 1. The molecule has 0 aliphatic carbocycles. The molecule has 0 fully saturated rings. The number of aromatic nitrogens is 3. The summed E-state index contributed by atoms with van der Waals surface area (Å²) < 4.78 is 33.7. The van der Waals surface area contributed by atoms with Crippen LogP contribution in [0.2, 0.25) is 0 Å². The van der Waals surface area contributed by atoms with Crippen molar-refractivity contribution in [3.63, 3.8) is 0 Å². The molecule has 0 radical (unpaired) electrons. The Kier molecular flexibility index (Phi) is 3.34. The van der Waals surface area contributed by atoms with E-state index in [4.69, 9.17) is 9.52 Å². The third-order valence-corrected chi connectivity index (χ3v) is 5.85. The third-order valence-electron chi connectivity index (χ3n) is 4.01. The average Bonchev–Trinajstić information content (AvgIpc) is 3.14. The van der Waals surface area contributed by atoms with Crippen molar-refractivity contribution in [1.29, 1.82) is 0 Å². The molecule has 0 spiro atoms. The second-order valence-electron chi connectivity index (χ2n) is 5.52. The van der Waals surface area contributed by atoms with Gasteiger partial charge in [0.2, 0.25) is 10.0 Å². The third kappa shape index (κ3) is 2.35. The highest BCUT2D eigenvalue weighted by atomic mass is 32.2.